The molecule has 4 fully saturated rings. The van der Waals surface area contributed by atoms with Gasteiger partial charge in [-0.3, -0.25) is 9.59 Å². The van der Waals surface area contributed by atoms with Crippen LogP contribution in [-0.2, 0) is 14.3 Å². The summed E-state index contributed by atoms with van der Waals surface area (Å²) >= 11 is 0. The van der Waals surface area contributed by atoms with Gasteiger partial charge in [-0.25, -0.2) is 18.4 Å². The van der Waals surface area contributed by atoms with Gasteiger partial charge in [0.05, 0.1) is 0 Å². The molecule has 4 aliphatic rings. The molecule has 0 aromatic carbocycles. The Bertz CT molecular complexity index is 674. The van der Waals surface area contributed by atoms with Crippen molar-refractivity contribution < 1.29 is 32.7 Å². The van der Waals surface area contributed by atoms with Crippen LogP contribution in [0.2, 0.25) is 0 Å². The predicted octanol–water partition coefficient (Wildman–Crippen LogP) is 0.722. The molecule has 0 radical (unpaired) electrons. The van der Waals surface area contributed by atoms with Crippen molar-refractivity contribution in [1.82, 2.24) is 15.5 Å². The zero-order valence-electron chi connectivity index (χ0n) is 15.3. The number of amides is 4. The molecule has 28 heavy (non-hydrogen) atoms. The number of alkyl halides is 2. The van der Waals surface area contributed by atoms with Crippen LogP contribution in [0.1, 0.15) is 38.5 Å². The van der Waals surface area contributed by atoms with Crippen LogP contribution in [0, 0.1) is 11.8 Å². The predicted molar refractivity (Wildman–Crippen MR) is 91.1 cm³/mol. The lowest BCUT2D eigenvalue weighted by atomic mass is 9.77. The summed E-state index contributed by atoms with van der Waals surface area (Å²) in [5.41, 5.74) is 5.28. The Morgan fingerprint density at radius 2 is 2.07 bits per heavy atom. The molecule has 0 aromatic heterocycles. The smallest absolute Gasteiger partial charge is 0.368 e. The maximum absolute atomic E-state index is 13.8. The van der Waals surface area contributed by atoms with Gasteiger partial charge in [-0.1, -0.05) is 0 Å². The standard InChI is InChI=1S/C17H24F2N4O5/c18-17(19)7-11-4-3-10(17)8-23(11)16(27)28-15(26)22-12(13(20)24)6-9-2-1-5-21-14(9)25/h9-12H,1-8H2,(H2,20,24)(H,21,25)(H,22,26)/t9-,10?,11?,12-/m0/s1. The van der Waals surface area contributed by atoms with E-state index in [1.165, 1.54) is 0 Å². The first kappa shape index (κ1) is 20.3. The number of ether oxygens (including phenoxy) is 1. The molecule has 4 rings (SSSR count). The van der Waals surface area contributed by atoms with Crippen LogP contribution in [0.3, 0.4) is 0 Å². The van der Waals surface area contributed by atoms with E-state index in [2.05, 4.69) is 10.6 Å². The minimum atomic E-state index is -2.82. The maximum Gasteiger partial charge on any atom is 0.419 e. The molecule has 4 N–H and O–H groups in total. The molecular weight excluding hydrogens is 378 g/mol. The molecule has 1 saturated carbocycles. The number of halogens is 2. The highest BCUT2D eigenvalue weighted by Gasteiger charge is 2.53. The van der Waals surface area contributed by atoms with E-state index in [0.717, 1.165) is 11.3 Å². The van der Waals surface area contributed by atoms with Crippen molar-refractivity contribution in [3.05, 3.63) is 0 Å². The summed E-state index contributed by atoms with van der Waals surface area (Å²) in [5.74, 6) is -5.34. The molecule has 3 aliphatic heterocycles. The Labute approximate surface area is 160 Å². The molecule has 9 nitrogen and oxygen atoms in total. The molecule has 11 heteroatoms. The lowest BCUT2D eigenvalue weighted by molar-refractivity contribution is -0.147. The minimum absolute atomic E-state index is 0.00884. The van der Waals surface area contributed by atoms with Crippen molar-refractivity contribution in [3.63, 3.8) is 0 Å². The van der Waals surface area contributed by atoms with Crippen LogP contribution in [-0.4, -0.2) is 60.0 Å². The number of carbonyl (C=O) groups is 4. The molecular formula is C17H24F2N4O5. The van der Waals surface area contributed by atoms with Crippen molar-refractivity contribution >= 4 is 24.0 Å². The van der Waals surface area contributed by atoms with Gasteiger partial charge >= 0.3 is 12.2 Å². The second kappa shape index (κ2) is 7.88. The Morgan fingerprint density at radius 3 is 2.64 bits per heavy atom. The Balaban J connectivity index is 1.54. The number of carbonyl (C=O) groups excluding carboxylic acids is 4. The van der Waals surface area contributed by atoms with Gasteiger partial charge < -0.3 is 26.0 Å². The highest BCUT2D eigenvalue weighted by Crippen LogP contribution is 2.45. The normalized spacial score (nSPS) is 29.6. The van der Waals surface area contributed by atoms with E-state index >= 15 is 0 Å². The third-order valence-corrected chi connectivity index (χ3v) is 5.78. The van der Waals surface area contributed by atoms with Crippen LogP contribution in [0.25, 0.3) is 0 Å². The Kier molecular flexibility index (Phi) is 5.71. The van der Waals surface area contributed by atoms with Crippen molar-refractivity contribution in [2.45, 2.75) is 56.5 Å². The number of hydrogen-bond acceptors (Lipinski definition) is 5. The number of primary amides is 1. The van der Waals surface area contributed by atoms with Crippen LogP contribution in [0.5, 0.6) is 0 Å². The first-order chi connectivity index (χ1) is 13.2. The topological polar surface area (TPSA) is 131 Å². The fraction of sp³-hybridized carbons (Fsp3) is 0.765. The number of nitrogens with one attached hydrogen (secondary N) is 2. The molecule has 3 saturated heterocycles. The fourth-order valence-electron chi connectivity index (χ4n) is 4.19. The summed E-state index contributed by atoms with van der Waals surface area (Å²) in [7, 11) is 0. The quantitative estimate of drug-likeness (QED) is 0.597. The fourth-order valence-corrected chi connectivity index (χ4v) is 4.19. The molecule has 4 amide bonds. The number of hydrogen-bond donors (Lipinski definition) is 3. The summed E-state index contributed by atoms with van der Waals surface area (Å²) in [6.45, 7) is 0.378. The summed E-state index contributed by atoms with van der Waals surface area (Å²) in [4.78, 5) is 48.8. The van der Waals surface area contributed by atoms with Crippen LogP contribution < -0.4 is 16.4 Å². The molecule has 4 atom stereocenters. The van der Waals surface area contributed by atoms with E-state index in [-0.39, 0.29) is 18.9 Å². The van der Waals surface area contributed by atoms with Crippen molar-refractivity contribution in [2.24, 2.45) is 17.6 Å². The zero-order chi connectivity index (χ0) is 20.5. The van der Waals surface area contributed by atoms with E-state index in [1.807, 2.05) is 0 Å². The Hall–Kier alpha value is -2.46. The van der Waals surface area contributed by atoms with Gasteiger partial charge in [-0.15, -0.1) is 0 Å². The average Bonchev–Trinajstić information content (AvgIpc) is 2.62. The summed E-state index contributed by atoms with van der Waals surface area (Å²) in [6, 6.07) is -1.87. The lowest BCUT2D eigenvalue weighted by Crippen LogP contribution is -2.59. The van der Waals surface area contributed by atoms with Crippen LogP contribution >= 0.6 is 0 Å². The van der Waals surface area contributed by atoms with Crippen LogP contribution in [0.15, 0.2) is 0 Å². The monoisotopic (exact) mass is 402 g/mol. The van der Waals surface area contributed by atoms with E-state index in [0.29, 0.717) is 25.8 Å². The van der Waals surface area contributed by atoms with Gasteiger partial charge in [0.1, 0.15) is 6.04 Å². The molecule has 156 valence electrons. The molecule has 0 spiro atoms. The Morgan fingerprint density at radius 1 is 1.32 bits per heavy atom. The van der Waals surface area contributed by atoms with Crippen molar-refractivity contribution in [1.29, 1.82) is 0 Å². The molecule has 2 unspecified atom stereocenters. The zero-order valence-corrected chi connectivity index (χ0v) is 15.3. The van der Waals surface area contributed by atoms with E-state index in [4.69, 9.17) is 10.5 Å². The molecule has 0 aromatic rings. The molecule has 3 heterocycles. The van der Waals surface area contributed by atoms with Crippen molar-refractivity contribution in [3.8, 4) is 0 Å². The lowest BCUT2D eigenvalue weighted by Gasteiger charge is -2.48. The van der Waals surface area contributed by atoms with Gasteiger partial charge in [0.2, 0.25) is 11.8 Å². The number of nitrogens with zero attached hydrogens (tertiary/aromatic N) is 1. The first-order valence-electron chi connectivity index (χ1n) is 9.41. The third-order valence-electron chi connectivity index (χ3n) is 5.78. The van der Waals surface area contributed by atoms with Crippen LogP contribution in [0.4, 0.5) is 18.4 Å². The molecule has 1 aliphatic carbocycles. The van der Waals surface area contributed by atoms with Gasteiger partial charge in [0.25, 0.3) is 5.92 Å². The summed E-state index contributed by atoms with van der Waals surface area (Å²) < 4.78 is 32.2. The largest absolute Gasteiger partial charge is 0.419 e. The third kappa shape index (κ3) is 4.33. The van der Waals surface area contributed by atoms with Gasteiger partial charge in [-0.2, -0.15) is 0 Å². The van der Waals surface area contributed by atoms with E-state index in [1.54, 1.807) is 0 Å². The molecule has 2 bridgehead atoms. The van der Waals surface area contributed by atoms with Gasteiger partial charge in [0.15, 0.2) is 0 Å². The number of rotatable bonds is 4. The summed E-state index contributed by atoms with van der Waals surface area (Å²) in [6.07, 6.45) is -0.637. The first-order valence-corrected chi connectivity index (χ1v) is 9.41. The highest BCUT2D eigenvalue weighted by atomic mass is 19.3. The van der Waals surface area contributed by atoms with Gasteiger partial charge in [-0.05, 0) is 32.1 Å². The van der Waals surface area contributed by atoms with Crippen molar-refractivity contribution in [2.75, 3.05) is 13.1 Å². The number of piperidine rings is 3. The number of nitrogens with two attached hydrogens (primary N) is 1. The number of alkyl carbamates (subject to hydrolysis) is 1. The minimum Gasteiger partial charge on any atom is -0.368 e. The highest BCUT2D eigenvalue weighted by molar-refractivity contribution is 5.89. The SMILES string of the molecule is NC(=O)[C@H](C[C@@H]1CCCNC1=O)NC(=O)OC(=O)N1CC2CCC1CC2(F)F. The van der Waals surface area contributed by atoms with E-state index in [9.17, 15) is 28.0 Å². The second-order valence-corrected chi connectivity index (χ2v) is 7.67. The van der Waals surface area contributed by atoms with E-state index < -0.39 is 54.4 Å². The second-order valence-electron chi connectivity index (χ2n) is 7.67. The average molecular weight is 402 g/mol. The summed E-state index contributed by atoms with van der Waals surface area (Å²) in [5, 5.41) is 4.87. The maximum atomic E-state index is 13.8. The number of fused-ring (bicyclic) bond motifs is 3. The van der Waals surface area contributed by atoms with Gasteiger partial charge in [0, 0.05) is 37.4 Å².